The van der Waals surface area contributed by atoms with Crippen LogP contribution in [0, 0.1) is 5.92 Å². The first-order valence-electron chi connectivity index (χ1n) is 6.04. The Balaban J connectivity index is 2.23. The zero-order valence-corrected chi connectivity index (χ0v) is 11.0. The monoisotopic (exact) mass is 235 g/mol. The molecule has 2 unspecified atom stereocenters. The molecule has 1 aliphatic rings. The quantitative estimate of drug-likeness (QED) is 0.852. The second kappa shape index (κ2) is 4.03. The summed E-state index contributed by atoms with van der Waals surface area (Å²) >= 11 is 0. The third kappa shape index (κ3) is 2.48. The summed E-state index contributed by atoms with van der Waals surface area (Å²) < 4.78 is 6.08. The average molecular weight is 235 g/mol. The summed E-state index contributed by atoms with van der Waals surface area (Å²) in [6, 6.07) is 1.88. The second-order valence-corrected chi connectivity index (χ2v) is 5.98. The largest absolute Gasteiger partial charge is 0.369 e. The van der Waals surface area contributed by atoms with Gasteiger partial charge in [0.2, 0.25) is 0 Å². The lowest BCUT2D eigenvalue weighted by molar-refractivity contribution is -0.0767. The lowest BCUT2D eigenvalue weighted by Gasteiger charge is -2.30. The molecule has 94 valence electrons. The molecule has 2 N–H and O–H groups in total. The van der Waals surface area contributed by atoms with Gasteiger partial charge in [-0.15, -0.1) is 0 Å². The van der Waals surface area contributed by atoms with Crippen LogP contribution in [0.2, 0.25) is 0 Å². The summed E-state index contributed by atoms with van der Waals surface area (Å²) in [6.45, 7) is 8.46. The SMILES string of the molecule is CC1(C)CC(C(N)c2ccnnc2)C(C)(C)O1. The number of rotatable bonds is 2. The summed E-state index contributed by atoms with van der Waals surface area (Å²) in [4.78, 5) is 0. The molecule has 2 atom stereocenters. The molecule has 0 amide bonds. The van der Waals surface area contributed by atoms with E-state index in [2.05, 4.69) is 37.9 Å². The molecule has 0 radical (unpaired) electrons. The van der Waals surface area contributed by atoms with E-state index in [9.17, 15) is 0 Å². The van der Waals surface area contributed by atoms with Crippen LogP contribution < -0.4 is 5.73 Å². The molecule has 1 aliphatic heterocycles. The van der Waals surface area contributed by atoms with E-state index in [1.54, 1.807) is 12.4 Å². The van der Waals surface area contributed by atoms with Crippen molar-refractivity contribution in [2.24, 2.45) is 11.7 Å². The third-order valence-electron chi connectivity index (χ3n) is 3.57. The molecule has 0 spiro atoms. The van der Waals surface area contributed by atoms with E-state index in [4.69, 9.17) is 10.5 Å². The minimum absolute atomic E-state index is 0.0534. The fraction of sp³-hybridized carbons (Fsp3) is 0.692. The highest BCUT2D eigenvalue weighted by atomic mass is 16.5. The molecule has 1 fully saturated rings. The van der Waals surface area contributed by atoms with Gasteiger partial charge in [-0.05, 0) is 45.7 Å². The Morgan fingerprint density at radius 3 is 2.53 bits per heavy atom. The summed E-state index contributed by atoms with van der Waals surface area (Å²) in [5.74, 6) is 0.293. The number of aromatic nitrogens is 2. The van der Waals surface area contributed by atoms with Crippen LogP contribution in [0.25, 0.3) is 0 Å². The number of nitrogens with zero attached hydrogens (tertiary/aromatic N) is 2. The Kier molecular flexibility index (Phi) is 2.96. The molecule has 0 saturated carbocycles. The Morgan fingerprint density at radius 2 is 2.06 bits per heavy atom. The molecule has 4 heteroatoms. The smallest absolute Gasteiger partial charge is 0.0680 e. The van der Waals surface area contributed by atoms with Gasteiger partial charge in [0.15, 0.2) is 0 Å². The minimum atomic E-state index is -0.202. The van der Waals surface area contributed by atoms with Crippen molar-refractivity contribution in [3.63, 3.8) is 0 Å². The molecule has 2 rings (SSSR count). The van der Waals surface area contributed by atoms with E-state index in [1.165, 1.54) is 0 Å². The highest BCUT2D eigenvalue weighted by Crippen LogP contribution is 2.46. The first kappa shape index (κ1) is 12.5. The summed E-state index contributed by atoms with van der Waals surface area (Å²) in [5, 5.41) is 7.67. The molecule has 0 aromatic carbocycles. The van der Waals surface area contributed by atoms with Crippen molar-refractivity contribution in [1.82, 2.24) is 10.2 Å². The summed E-state index contributed by atoms with van der Waals surface area (Å²) in [5.41, 5.74) is 7.07. The average Bonchev–Trinajstić information content (AvgIpc) is 2.47. The van der Waals surface area contributed by atoms with Crippen molar-refractivity contribution in [2.75, 3.05) is 0 Å². The van der Waals surface area contributed by atoms with Gasteiger partial charge in [0.05, 0.1) is 17.4 Å². The molecule has 1 aromatic heterocycles. The minimum Gasteiger partial charge on any atom is -0.369 e. The maximum absolute atomic E-state index is 6.35. The maximum Gasteiger partial charge on any atom is 0.0680 e. The van der Waals surface area contributed by atoms with E-state index in [-0.39, 0.29) is 17.2 Å². The number of hydrogen-bond donors (Lipinski definition) is 1. The summed E-state index contributed by atoms with van der Waals surface area (Å²) in [6.07, 6.45) is 4.39. The van der Waals surface area contributed by atoms with Crippen LogP contribution in [-0.2, 0) is 4.74 Å². The van der Waals surface area contributed by atoms with Crippen LogP contribution in [0.3, 0.4) is 0 Å². The molecule has 17 heavy (non-hydrogen) atoms. The lowest BCUT2D eigenvalue weighted by Crippen LogP contribution is -2.35. The zero-order valence-electron chi connectivity index (χ0n) is 11.0. The topological polar surface area (TPSA) is 61.0 Å². The highest BCUT2D eigenvalue weighted by molar-refractivity contribution is 5.15. The fourth-order valence-corrected chi connectivity index (χ4v) is 2.89. The van der Waals surface area contributed by atoms with Crippen molar-refractivity contribution in [2.45, 2.75) is 51.4 Å². The Hall–Kier alpha value is -1.00. The van der Waals surface area contributed by atoms with E-state index in [0.717, 1.165) is 12.0 Å². The fourth-order valence-electron chi connectivity index (χ4n) is 2.89. The predicted octanol–water partition coefficient (Wildman–Crippen LogP) is 2.07. The van der Waals surface area contributed by atoms with E-state index >= 15 is 0 Å². The molecule has 4 nitrogen and oxygen atoms in total. The first-order chi connectivity index (χ1) is 7.82. The molecule has 2 heterocycles. The van der Waals surface area contributed by atoms with Crippen LogP contribution in [0.15, 0.2) is 18.5 Å². The molecular weight excluding hydrogens is 214 g/mol. The van der Waals surface area contributed by atoms with Crippen LogP contribution in [0.1, 0.15) is 45.7 Å². The Labute approximate surface area is 103 Å². The first-order valence-corrected chi connectivity index (χ1v) is 6.04. The highest BCUT2D eigenvalue weighted by Gasteiger charge is 2.48. The van der Waals surface area contributed by atoms with Gasteiger partial charge in [0, 0.05) is 18.2 Å². The standard InChI is InChI=1S/C13H21N3O/c1-12(2)7-10(13(3,4)17-12)11(14)9-5-6-15-16-8-9/h5-6,8,10-11H,7,14H2,1-4H3. The second-order valence-electron chi connectivity index (χ2n) is 5.98. The van der Waals surface area contributed by atoms with Gasteiger partial charge < -0.3 is 10.5 Å². The lowest BCUT2D eigenvalue weighted by atomic mass is 9.80. The molecule has 1 saturated heterocycles. The summed E-state index contributed by atoms with van der Waals surface area (Å²) in [7, 11) is 0. The van der Waals surface area contributed by atoms with Crippen molar-refractivity contribution >= 4 is 0 Å². The Morgan fingerprint density at radius 1 is 1.35 bits per heavy atom. The van der Waals surface area contributed by atoms with E-state index < -0.39 is 0 Å². The molecule has 0 bridgehead atoms. The maximum atomic E-state index is 6.35. The number of ether oxygens (including phenoxy) is 1. The van der Waals surface area contributed by atoms with Gasteiger partial charge >= 0.3 is 0 Å². The van der Waals surface area contributed by atoms with Gasteiger partial charge in [-0.2, -0.15) is 10.2 Å². The number of hydrogen-bond acceptors (Lipinski definition) is 4. The molecule has 0 aliphatic carbocycles. The van der Waals surface area contributed by atoms with Gasteiger partial charge in [-0.1, -0.05) is 0 Å². The Bertz CT molecular complexity index is 389. The van der Waals surface area contributed by atoms with Crippen molar-refractivity contribution < 1.29 is 4.74 Å². The van der Waals surface area contributed by atoms with Gasteiger partial charge in [-0.3, -0.25) is 0 Å². The number of nitrogens with two attached hydrogens (primary N) is 1. The van der Waals surface area contributed by atoms with Crippen LogP contribution in [-0.4, -0.2) is 21.4 Å². The molecule has 1 aromatic rings. The third-order valence-corrected chi connectivity index (χ3v) is 3.57. The van der Waals surface area contributed by atoms with Gasteiger partial charge in [0.25, 0.3) is 0 Å². The normalized spacial score (nSPS) is 27.9. The van der Waals surface area contributed by atoms with Crippen LogP contribution >= 0.6 is 0 Å². The van der Waals surface area contributed by atoms with Crippen LogP contribution in [0.5, 0.6) is 0 Å². The molecular formula is C13H21N3O. The van der Waals surface area contributed by atoms with E-state index in [0.29, 0.717) is 5.92 Å². The zero-order chi connectivity index (χ0) is 12.7. The van der Waals surface area contributed by atoms with Gasteiger partial charge in [0.1, 0.15) is 0 Å². The van der Waals surface area contributed by atoms with Crippen LogP contribution in [0.4, 0.5) is 0 Å². The van der Waals surface area contributed by atoms with Gasteiger partial charge in [-0.25, -0.2) is 0 Å². The predicted molar refractivity (Wildman–Crippen MR) is 66.3 cm³/mol. The van der Waals surface area contributed by atoms with Crippen molar-refractivity contribution in [3.05, 3.63) is 24.0 Å². The van der Waals surface area contributed by atoms with Crippen molar-refractivity contribution in [3.8, 4) is 0 Å². The van der Waals surface area contributed by atoms with E-state index in [1.807, 2.05) is 6.07 Å². The van der Waals surface area contributed by atoms with Crippen molar-refractivity contribution in [1.29, 1.82) is 0 Å².